The Balaban J connectivity index is 2.23. The first-order chi connectivity index (χ1) is 6.77. The standard InChI is InChI=1S/C11H20ClNO/c1-2-4-10-6-8-13(9-10)11(14)5-3-7-12/h10H,2-9H2,1H3. The molecule has 0 aromatic rings. The molecule has 1 saturated heterocycles. The van der Waals surface area contributed by atoms with Crippen molar-refractivity contribution in [3.05, 3.63) is 0 Å². The second kappa shape index (κ2) is 6.28. The fourth-order valence-corrected chi connectivity index (χ4v) is 2.21. The molecule has 0 spiro atoms. The van der Waals surface area contributed by atoms with E-state index < -0.39 is 0 Å². The van der Waals surface area contributed by atoms with Crippen molar-refractivity contribution < 1.29 is 4.79 Å². The molecule has 1 rings (SSSR count). The third kappa shape index (κ3) is 3.49. The van der Waals surface area contributed by atoms with Crippen LogP contribution in [0.25, 0.3) is 0 Å². The second-order valence-corrected chi connectivity index (χ2v) is 4.45. The molecule has 1 heterocycles. The summed E-state index contributed by atoms with van der Waals surface area (Å²) in [4.78, 5) is 13.6. The molecule has 0 saturated carbocycles. The fourth-order valence-electron chi connectivity index (χ4n) is 2.08. The molecule has 1 unspecified atom stereocenters. The lowest BCUT2D eigenvalue weighted by atomic mass is 10.0. The topological polar surface area (TPSA) is 20.3 Å². The maximum atomic E-state index is 11.6. The zero-order valence-corrected chi connectivity index (χ0v) is 9.72. The Hall–Kier alpha value is -0.240. The normalized spacial score (nSPS) is 21.6. The summed E-state index contributed by atoms with van der Waals surface area (Å²) in [7, 11) is 0. The molecule has 82 valence electrons. The fraction of sp³-hybridized carbons (Fsp3) is 0.909. The molecule has 1 amide bonds. The summed E-state index contributed by atoms with van der Waals surface area (Å²) in [6.07, 6.45) is 5.13. The molecule has 0 aromatic carbocycles. The minimum Gasteiger partial charge on any atom is -0.342 e. The number of hydrogen-bond acceptors (Lipinski definition) is 1. The number of hydrogen-bond donors (Lipinski definition) is 0. The molecular weight excluding hydrogens is 198 g/mol. The number of carbonyl (C=O) groups excluding carboxylic acids is 1. The molecular formula is C11H20ClNO. The quantitative estimate of drug-likeness (QED) is 0.649. The summed E-state index contributed by atoms with van der Waals surface area (Å²) in [5, 5.41) is 0. The second-order valence-electron chi connectivity index (χ2n) is 4.08. The average Bonchev–Trinajstić information content (AvgIpc) is 2.63. The smallest absolute Gasteiger partial charge is 0.222 e. The van der Waals surface area contributed by atoms with Crippen molar-refractivity contribution in [2.75, 3.05) is 19.0 Å². The van der Waals surface area contributed by atoms with E-state index in [1.807, 2.05) is 4.90 Å². The van der Waals surface area contributed by atoms with Crippen LogP contribution in [-0.4, -0.2) is 29.8 Å². The Morgan fingerprint density at radius 1 is 1.57 bits per heavy atom. The van der Waals surface area contributed by atoms with Gasteiger partial charge >= 0.3 is 0 Å². The summed E-state index contributed by atoms with van der Waals surface area (Å²) >= 11 is 5.56. The number of carbonyl (C=O) groups is 1. The lowest BCUT2D eigenvalue weighted by Crippen LogP contribution is -2.28. The molecule has 0 radical (unpaired) electrons. The molecule has 0 bridgehead atoms. The number of likely N-dealkylation sites (tertiary alicyclic amines) is 1. The molecule has 2 nitrogen and oxygen atoms in total. The van der Waals surface area contributed by atoms with Crippen LogP contribution in [-0.2, 0) is 4.79 Å². The minimum absolute atomic E-state index is 0.296. The van der Waals surface area contributed by atoms with E-state index in [1.165, 1.54) is 19.3 Å². The van der Waals surface area contributed by atoms with E-state index >= 15 is 0 Å². The van der Waals surface area contributed by atoms with E-state index in [9.17, 15) is 4.79 Å². The summed E-state index contributed by atoms with van der Waals surface area (Å²) in [6, 6.07) is 0. The number of rotatable bonds is 5. The highest BCUT2D eigenvalue weighted by atomic mass is 35.5. The first-order valence-electron chi connectivity index (χ1n) is 5.61. The maximum absolute atomic E-state index is 11.6. The van der Waals surface area contributed by atoms with Crippen molar-refractivity contribution in [2.45, 2.75) is 39.0 Å². The molecule has 1 aliphatic heterocycles. The molecule has 1 aliphatic rings. The Labute approximate surface area is 91.6 Å². The largest absolute Gasteiger partial charge is 0.342 e. The molecule has 0 aliphatic carbocycles. The van der Waals surface area contributed by atoms with Crippen LogP contribution in [0, 0.1) is 5.92 Å². The highest BCUT2D eigenvalue weighted by Crippen LogP contribution is 2.21. The minimum atomic E-state index is 0.296. The Kier molecular flexibility index (Phi) is 5.31. The van der Waals surface area contributed by atoms with Gasteiger partial charge in [0, 0.05) is 25.4 Å². The third-order valence-electron chi connectivity index (χ3n) is 2.86. The van der Waals surface area contributed by atoms with Gasteiger partial charge in [-0.3, -0.25) is 4.79 Å². The predicted molar refractivity (Wildman–Crippen MR) is 59.5 cm³/mol. The molecule has 3 heteroatoms. The van der Waals surface area contributed by atoms with Crippen LogP contribution in [0.4, 0.5) is 0 Å². The number of alkyl halides is 1. The summed E-state index contributed by atoms with van der Waals surface area (Å²) in [6.45, 7) is 4.15. The van der Waals surface area contributed by atoms with Crippen molar-refractivity contribution in [1.29, 1.82) is 0 Å². The Bertz CT molecular complexity index is 184. The van der Waals surface area contributed by atoms with Gasteiger partial charge in [0.05, 0.1) is 0 Å². The van der Waals surface area contributed by atoms with Crippen molar-refractivity contribution in [2.24, 2.45) is 5.92 Å². The molecule has 0 N–H and O–H groups in total. The van der Waals surface area contributed by atoms with Crippen molar-refractivity contribution in [3.8, 4) is 0 Å². The van der Waals surface area contributed by atoms with E-state index in [2.05, 4.69) is 6.92 Å². The number of halogens is 1. The molecule has 1 fully saturated rings. The zero-order valence-electron chi connectivity index (χ0n) is 8.97. The van der Waals surface area contributed by atoms with Gasteiger partial charge in [-0.25, -0.2) is 0 Å². The number of nitrogens with zero attached hydrogens (tertiary/aromatic N) is 1. The van der Waals surface area contributed by atoms with E-state index in [-0.39, 0.29) is 0 Å². The summed E-state index contributed by atoms with van der Waals surface area (Å²) < 4.78 is 0. The van der Waals surface area contributed by atoms with Gasteiger partial charge in [-0.1, -0.05) is 13.3 Å². The average molecular weight is 218 g/mol. The van der Waals surface area contributed by atoms with Crippen LogP contribution in [0.3, 0.4) is 0 Å². The van der Waals surface area contributed by atoms with Crippen LogP contribution < -0.4 is 0 Å². The Morgan fingerprint density at radius 2 is 2.36 bits per heavy atom. The van der Waals surface area contributed by atoms with Crippen molar-refractivity contribution >= 4 is 17.5 Å². The maximum Gasteiger partial charge on any atom is 0.222 e. The highest BCUT2D eigenvalue weighted by Gasteiger charge is 2.24. The van der Waals surface area contributed by atoms with Crippen LogP contribution in [0.15, 0.2) is 0 Å². The van der Waals surface area contributed by atoms with E-state index in [1.54, 1.807) is 0 Å². The van der Waals surface area contributed by atoms with Gasteiger partial charge in [-0.2, -0.15) is 0 Å². The van der Waals surface area contributed by atoms with Crippen LogP contribution in [0.5, 0.6) is 0 Å². The van der Waals surface area contributed by atoms with Crippen LogP contribution >= 0.6 is 11.6 Å². The van der Waals surface area contributed by atoms with E-state index in [0.29, 0.717) is 18.2 Å². The lowest BCUT2D eigenvalue weighted by Gasteiger charge is -2.15. The van der Waals surface area contributed by atoms with Gasteiger partial charge in [0.2, 0.25) is 5.91 Å². The third-order valence-corrected chi connectivity index (χ3v) is 3.13. The first-order valence-corrected chi connectivity index (χ1v) is 6.15. The van der Waals surface area contributed by atoms with Gasteiger partial charge in [0.25, 0.3) is 0 Å². The van der Waals surface area contributed by atoms with Crippen molar-refractivity contribution in [3.63, 3.8) is 0 Å². The molecule has 1 atom stereocenters. The van der Waals surface area contributed by atoms with Gasteiger partial charge in [0.1, 0.15) is 0 Å². The first kappa shape index (κ1) is 11.8. The van der Waals surface area contributed by atoms with Gasteiger partial charge in [0.15, 0.2) is 0 Å². The monoisotopic (exact) mass is 217 g/mol. The SMILES string of the molecule is CCCC1CCN(C(=O)CCCCl)C1. The van der Waals surface area contributed by atoms with E-state index in [0.717, 1.165) is 25.4 Å². The predicted octanol–water partition coefficient (Wildman–Crippen LogP) is 2.65. The highest BCUT2D eigenvalue weighted by molar-refractivity contribution is 6.17. The van der Waals surface area contributed by atoms with Gasteiger partial charge in [-0.05, 0) is 25.2 Å². The van der Waals surface area contributed by atoms with Gasteiger partial charge in [-0.15, -0.1) is 11.6 Å². The van der Waals surface area contributed by atoms with Crippen molar-refractivity contribution in [1.82, 2.24) is 4.90 Å². The summed E-state index contributed by atoms with van der Waals surface area (Å²) in [5.74, 6) is 1.64. The van der Waals surface area contributed by atoms with Crippen LogP contribution in [0.1, 0.15) is 39.0 Å². The lowest BCUT2D eigenvalue weighted by molar-refractivity contribution is -0.130. The Morgan fingerprint density at radius 3 is 3.00 bits per heavy atom. The molecule has 14 heavy (non-hydrogen) atoms. The summed E-state index contributed by atoms with van der Waals surface area (Å²) in [5.41, 5.74) is 0. The van der Waals surface area contributed by atoms with Crippen LogP contribution in [0.2, 0.25) is 0 Å². The van der Waals surface area contributed by atoms with E-state index in [4.69, 9.17) is 11.6 Å². The molecule has 0 aromatic heterocycles. The number of amides is 1. The van der Waals surface area contributed by atoms with Gasteiger partial charge < -0.3 is 4.90 Å². The zero-order chi connectivity index (χ0) is 10.4.